The third-order valence-electron chi connectivity index (χ3n) is 4.49. The molecular weight excluding hydrogens is 374 g/mol. The average molecular weight is 410 g/mol. The van der Waals surface area contributed by atoms with Crippen LogP contribution in [-0.4, -0.2) is 47.1 Å². The van der Waals surface area contributed by atoms with Crippen molar-refractivity contribution in [2.24, 2.45) is 0 Å². The van der Waals surface area contributed by atoms with Crippen molar-refractivity contribution < 1.29 is 14.2 Å². The van der Waals surface area contributed by atoms with E-state index in [1.54, 1.807) is 0 Å². The van der Waals surface area contributed by atoms with Crippen LogP contribution in [0.3, 0.4) is 0 Å². The van der Waals surface area contributed by atoms with Crippen LogP contribution in [0.4, 0.5) is 5.69 Å². The quantitative estimate of drug-likeness (QED) is 0.401. The lowest BCUT2D eigenvalue weighted by atomic mass is 10.1. The fourth-order valence-corrected chi connectivity index (χ4v) is 2.78. The molecular formula is C26H35NO3. The van der Waals surface area contributed by atoms with Gasteiger partial charge in [-0.15, -0.1) is 0 Å². The van der Waals surface area contributed by atoms with Crippen LogP contribution >= 0.6 is 0 Å². The number of hydrogen-bond acceptors (Lipinski definition) is 4. The van der Waals surface area contributed by atoms with Crippen molar-refractivity contribution in [2.75, 3.05) is 52.0 Å². The normalized spacial score (nSPS) is 10.4. The van der Waals surface area contributed by atoms with Gasteiger partial charge in [0, 0.05) is 26.4 Å². The number of aryl methyl sites for hydroxylation is 1. The summed E-state index contributed by atoms with van der Waals surface area (Å²) in [5, 5.41) is 2.42. The molecule has 0 unspecified atom stereocenters. The molecule has 3 aromatic rings. The molecule has 0 spiro atoms. The Labute approximate surface area is 181 Å². The Morgan fingerprint density at radius 2 is 1.33 bits per heavy atom. The average Bonchev–Trinajstić information content (AvgIpc) is 2.76. The zero-order valence-electron chi connectivity index (χ0n) is 18.8. The van der Waals surface area contributed by atoms with Gasteiger partial charge in [-0.25, -0.2) is 0 Å². The van der Waals surface area contributed by atoms with Crippen molar-refractivity contribution in [2.45, 2.75) is 20.3 Å². The second-order valence-corrected chi connectivity index (χ2v) is 7.31. The molecule has 0 aliphatic heterocycles. The third-order valence-corrected chi connectivity index (χ3v) is 4.49. The minimum absolute atomic E-state index is 0.562. The van der Waals surface area contributed by atoms with Gasteiger partial charge in [0.05, 0.1) is 19.8 Å². The molecule has 0 amide bonds. The zero-order valence-corrected chi connectivity index (χ0v) is 18.8. The first kappa shape index (κ1) is 23.7. The summed E-state index contributed by atoms with van der Waals surface area (Å²) in [4.78, 5) is 2.10. The molecule has 0 radical (unpaired) electrons. The van der Waals surface area contributed by atoms with Crippen LogP contribution in [0.1, 0.15) is 18.9 Å². The highest BCUT2D eigenvalue weighted by atomic mass is 16.5. The molecule has 0 saturated heterocycles. The summed E-state index contributed by atoms with van der Waals surface area (Å²) in [5.74, 6) is 0.884. The molecule has 0 fully saturated rings. The lowest BCUT2D eigenvalue weighted by Crippen LogP contribution is -2.11. The van der Waals surface area contributed by atoms with E-state index in [0.717, 1.165) is 18.8 Å². The predicted octanol–water partition coefficient (Wildman–Crippen LogP) is 5.72. The van der Waals surface area contributed by atoms with Gasteiger partial charge in [-0.1, -0.05) is 55.0 Å². The molecule has 0 aliphatic carbocycles. The topological polar surface area (TPSA) is 30.9 Å². The number of rotatable bonds is 10. The van der Waals surface area contributed by atoms with E-state index in [2.05, 4.69) is 67.3 Å². The van der Waals surface area contributed by atoms with E-state index in [1.165, 1.54) is 22.0 Å². The fourth-order valence-electron chi connectivity index (χ4n) is 2.78. The summed E-state index contributed by atoms with van der Waals surface area (Å²) < 4.78 is 16.4. The minimum Gasteiger partial charge on any atom is -0.491 e. The van der Waals surface area contributed by atoms with E-state index < -0.39 is 0 Å². The van der Waals surface area contributed by atoms with Gasteiger partial charge < -0.3 is 19.1 Å². The van der Waals surface area contributed by atoms with Crippen molar-refractivity contribution in [3.63, 3.8) is 0 Å². The van der Waals surface area contributed by atoms with Gasteiger partial charge in [0.2, 0.25) is 0 Å². The Balaban J connectivity index is 0.000000269. The first-order valence-electron chi connectivity index (χ1n) is 10.6. The van der Waals surface area contributed by atoms with Crippen LogP contribution in [-0.2, 0) is 9.47 Å². The van der Waals surface area contributed by atoms with E-state index in [1.807, 2.05) is 32.3 Å². The van der Waals surface area contributed by atoms with Gasteiger partial charge in [0.25, 0.3) is 0 Å². The number of hydrogen-bond donors (Lipinski definition) is 0. The molecule has 162 valence electrons. The van der Waals surface area contributed by atoms with Gasteiger partial charge in [0.1, 0.15) is 12.4 Å². The number of fused-ring (bicyclic) bond motifs is 1. The molecule has 0 atom stereocenters. The molecule has 4 heteroatoms. The Kier molecular flexibility index (Phi) is 10.8. The van der Waals surface area contributed by atoms with Gasteiger partial charge in [-0.2, -0.15) is 0 Å². The maximum absolute atomic E-state index is 5.68. The second-order valence-electron chi connectivity index (χ2n) is 7.31. The zero-order chi connectivity index (χ0) is 21.6. The summed E-state index contributed by atoms with van der Waals surface area (Å²) in [6, 6.07) is 22.9. The molecule has 30 heavy (non-hydrogen) atoms. The summed E-state index contributed by atoms with van der Waals surface area (Å²) in [7, 11) is 4.09. The van der Waals surface area contributed by atoms with E-state index >= 15 is 0 Å². The molecule has 4 nitrogen and oxygen atoms in total. The highest BCUT2D eigenvalue weighted by molar-refractivity contribution is 5.83. The van der Waals surface area contributed by atoms with E-state index in [9.17, 15) is 0 Å². The van der Waals surface area contributed by atoms with E-state index in [4.69, 9.17) is 14.2 Å². The highest BCUT2D eigenvalue weighted by Crippen LogP contribution is 2.20. The summed E-state index contributed by atoms with van der Waals surface area (Å²) in [6.45, 7) is 7.42. The SMILES string of the molecule is CCCOCCOCCOc1ccc2ccccc2c1.Cc1ccc(N(C)C)cc1. The van der Waals surface area contributed by atoms with Crippen molar-refractivity contribution >= 4 is 16.5 Å². The fraction of sp³-hybridized carbons (Fsp3) is 0.385. The molecule has 0 N–H and O–H groups in total. The molecule has 0 aliphatic rings. The summed E-state index contributed by atoms with van der Waals surface area (Å²) >= 11 is 0. The van der Waals surface area contributed by atoms with Crippen LogP contribution in [0.5, 0.6) is 5.75 Å². The summed E-state index contributed by atoms with van der Waals surface area (Å²) in [6.07, 6.45) is 1.05. The standard InChI is InChI=1S/C17H22O3.C9H13N/c1-2-9-18-10-11-19-12-13-20-17-8-7-15-5-3-4-6-16(15)14-17;1-8-4-6-9(7-5-8)10(2)3/h3-8,14H,2,9-13H2,1H3;4-7H,1-3H3. The monoisotopic (exact) mass is 409 g/mol. The number of ether oxygens (including phenoxy) is 3. The van der Waals surface area contributed by atoms with Crippen molar-refractivity contribution in [1.82, 2.24) is 0 Å². The summed E-state index contributed by atoms with van der Waals surface area (Å²) in [5.41, 5.74) is 2.57. The number of anilines is 1. The number of nitrogens with zero attached hydrogens (tertiary/aromatic N) is 1. The molecule has 0 heterocycles. The van der Waals surface area contributed by atoms with E-state index in [-0.39, 0.29) is 0 Å². The van der Waals surface area contributed by atoms with Crippen LogP contribution in [0.2, 0.25) is 0 Å². The Morgan fingerprint density at radius 1 is 0.700 bits per heavy atom. The molecule has 3 rings (SSSR count). The van der Waals surface area contributed by atoms with Crippen molar-refractivity contribution in [1.29, 1.82) is 0 Å². The highest BCUT2D eigenvalue weighted by Gasteiger charge is 1.97. The first-order chi connectivity index (χ1) is 14.6. The van der Waals surface area contributed by atoms with Crippen molar-refractivity contribution in [3.8, 4) is 5.75 Å². The molecule has 0 aromatic heterocycles. The molecule has 3 aromatic carbocycles. The van der Waals surface area contributed by atoms with Gasteiger partial charge >= 0.3 is 0 Å². The predicted molar refractivity (Wildman–Crippen MR) is 127 cm³/mol. The second kappa shape index (κ2) is 13.6. The smallest absolute Gasteiger partial charge is 0.120 e. The Hall–Kier alpha value is -2.56. The van der Waals surface area contributed by atoms with Crippen LogP contribution < -0.4 is 9.64 Å². The van der Waals surface area contributed by atoms with Gasteiger partial charge in [-0.3, -0.25) is 0 Å². The molecule has 0 saturated carbocycles. The Bertz CT molecular complexity index is 846. The van der Waals surface area contributed by atoms with Crippen LogP contribution in [0.15, 0.2) is 66.7 Å². The molecule has 0 bridgehead atoms. The maximum atomic E-state index is 5.68. The van der Waals surface area contributed by atoms with Crippen LogP contribution in [0.25, 0.3) is 10.8 Å². The first-order valence-corrected chi connectivity index (χ1v) is 10.6. The van der Waals surface area contributed by atoms with Crippen LogP contribution in [0, 0.1) is 6.92 Å². The van der Waals surface area contributed by atoms with Gasteiger partial charge in [0.15, 0.2) is 0 Å². The largest absolute Gasteiger partial charge is 0.491 e. The lowest BCUT2D eigenvalue weighted by molar-refractivity contribution is 0.0366. The van der Waals surface area contributed by atoms with Crippen molar-refractivity contribution in [3.05, 3.63) is 72.3 Å². The third kappa shape index (κ3) is 8.85. The lowest BCUT2D eigenvalue weighted by Gasteiger charge is -2.11. The Morgan fingerprint density at radius 3 is 2.00 bits per heavy atom. The van der Waals surface area contributed by atoms with Gasteiger partial charge in [-0.05, 0) is 48.4 Å². The minimum atomic E-state index is 0.562. The maximum Gasteiger partial charge on any atom is 0.120 e. The number of benzene rings is 3. The van der Waals surface area contributed by atoms with E-state index in [0.29, 0.717) is 26.4 Å².